The molecule has 0 unspecified atom stereocenters. The molecule has 3 aromatic rings. The number of nitrogens with one attached hydrogen (secondary N) is 1. The van der Waals surface area contributed by atoms with Gasteiger partial charge < -0.3 is 4.98 Å². The monoisotopic (exact) mass is 341 g/mol. The minimum absolute atomic E-state index is 0.479. The molecule has 1 heterocycles. The van der Waals surface area contributed by atoms with Crippen molar-refractivity contribution >= 4 is 23.2 Å². The second-order valence-corrected chi connectivity index (χ2v) is 6.16. The number of halogens is 2. The van der Waals surface area contributed by atoms with E-state index < -0.39 is 5.41 Å². The fourth-order valence-corrected chi connectivity index (χ4v) is 2.93. The van der Waals surface area contributed by atoms with Crippen molar-refractivity contribution in [1.29, 1.82) is 5.26 Å². The number of benzene rings is 2. The number of nitriles is 1. The first-order valence-electron chi connectivity index (χ1n) is 7.05. The van der Waals surface area contributed by atoms with Crippen LogP contribution in [0, 0.1) is 11.3 Å². The predicted octanol–water partition coefficient (Wildman–Crippen LogP) is 4.77. The fraction of sp³-hybridized carbons (Fsp3) is 0.111. The van der Waals surface area contributed by atoms with Crippen LogP contribution in [-0.2, 0) is 11.8 Å². The van der Waals surface area contributed by atoms with Crippen LogP contribution in [0.25, 0.3) is 0 Å². The third kappa shape index (κ3) is 3.10. The maximum atomic E-state index is 10.1. The quantitative estimate of drug-likeness (QED) is 0.743. The number of aromatic nitrogens is 2. The Balaban J connectivity index is 2.16. The molecule has 0 amide bonds. The van der Waals surface area contributed by atoms with Gasteiger partial charge in [0, 0.05) is 28.4 Å². The number of nitrogens with zero attached hydrogens (tertiary/aromatic N) is 2. The zero-order valence-corrected chi connectivity index (χ0v) is 13.6. The standard InChI is InChI=1S/C18H13Cl2N3/c19-15-5-1-13(2-6-15)18(11-21,9-17-10-22-12-23-17)14-3-7-16(20)8-4-14/h1-8,10,12H,9H2,(H,22,23). The van der Waals surface area contributed by atoms with Crippen molar-refractivity contribution in [3.05, 3.63) is 87.9 Å². The molecule has 0 fully saturated rings. The van der Waals surface area contributed by atoms with Crippen molar-refractivity contribution < 1.29 is 0 Å². The Morgan fingerprint density at radius 1 is 0.957 bits per heavy atom. The highest BCUT2D eigenvalue weighted by atomic mass is 35.5. The van der Waals surface area contributed by atoms with E-state index in [2.05, 4.69) is 16.0 Å². The Bertz CT molecular complexity index is 771. The number of rotatable bonds is 4. The van der Waals surface area contributed by atoms with E-state index in [0.29, 0.717) is 16.5 Å². The summed E-state index contributed by atoms with van der Waals surface area (Å²) in [7, 11) is 0. The van der Waals surface area contributed by atoms with Gasteiger partial charge >= 0.3 is 0 Å². The molecule has 1 N–H and O–H groups in total. The van der Waals surface area contributed by atoms with E-state index in [1.807, 2.05) is 24.3 Å². The van der Waals surface area contributed by atoms with Crippen LogP contribution in [0.15, 0.2) is 61.1 Å². The molecule has 5 heteroatoms. The molecule has 114 valence electrons. The fourth-order valence-electron chi connectivity index (χ4n) is 2.68. The Morgan fingerprint density at radius 3 is 1.87 bits per heavy atom. The van der Waals surface area contributed by atoms with Crippen LogP contribution in [-0.4, -0.2) is 9.97 Å². The van der Waals surface area contributed by atoms with Gasteiger partial charge in [-0.25, -0.2) is 4.98 Å². The van der Waals surface area contributed by atoms with Crippen LogP contribution < -0.4 is 0 Å². The normalized spacial score (nSPS) is 11.2. The Kier molecular flexibility index (Phi) is 4.38. The Labute approximate surface area is 144 Å². The van der Waals surface area contributed by atoms with E-state index in [9.17, 15) is 5.26 Å². The molecule has 0 saturated heterocycles. The van der Waals surface area contributed by atoms with Crippen molar-refractivity contribution in [1.82, 2.24) is 9.97 Å². The van der Waals surface area contributed by atoms with Gasteiger partial charge in [0.05, 0.1) is 12.4 Å². The van der Waals surface area contributed by atoms with Crippen LogP contribution in [0.2, 0.25) is 10.0 Å². The van der Waals surface area contributed by atoms with E-state index in [1.54, 1.807) is 36.8 Å². The van der Waals surface area contributed by atoms with E-state index in [-0.39, 0.29) is 0 Å². The van der Waals surface area contributed by atoms with Gasteiger partial charge in [0.25, 0.3) is 0 Å². The third-order valence-electron chi connectivity index (χ3n) is 3.88. The summed E-state index contributed by atoms with van der Waals surface area (Å²) in [6, 6.07) is 17.2. The van der Waals surface area contributed by atoms with Gasteiger partial charge in [0.15, 0.2) is 0 Å². The number of hydrogen-bond donors (Lipinski definition) is 1. The molecule has 0 aliphatic heterocycles. The molecule has 3 nitrogen and oxygen atoms in total. The second kappa shape index (κ2) is 6.45. The average Bonchev–Trinajstić information content (AvgIpc) is 3.07. The van der Waals surface area contributed by atoms with Crippen LogP contribution in [0.4, 0.5) is 0 Å². The molecular formula is C18H13Cl2N3. The molecule has 0 radical (unpaired) electrons. The van der Waals surface area contributed by atoms with E-state index in [1.165, 1.54) is 0 Å². The predicted molar refractivity (Wildman–Crippen MR) is 91.6 cm³/mol. The first-order valence-corrected chi connectivity index (χ1v) is 7.80. The summed E-state index contributed by atoms with van der Waals surface area (Å²) < 4.78 is 0. The largest absolute Gasteiger partial charge is 0.348 e. The average molecular weight is 342 g/mol. The van der Waals surface area contributed by atoms with Crippen LogP contribution in [0.1, 0.15) is 16.8 Å². The minimum atomic E-state index is -0.846. The van der Waals surface area contributed by atoms with Crippen molar-refractivity contribution in [2.24, 2.45) is 0 Å². The molecule has 1 aromatic heterocycles. The van der Waals surface area contributed by atoms with Crippen molar-refractivity contribution in [2.45, 2.75) is 11.8 Å². The van der Waals surface area contributed by atoms with E-state index in [0.717, 1.165) is 16.8 Å². The van der Waals surface area contributed by atoms with Gasteiger partial charge in [0.1, 0.15) is 5.41 Å². The van der Waals surface area contributed by atoms with Crippen LogP contribution >= 0.6 is 23.2 Å². The number of aromatic amines is 1. The third-order valence-corrected chi connectivity index (χ3v) is 4.38. The molecule has 23 heavy (non-hydrogen) atoms. The highest BCUT2D eigenvalue weighted by Gasteiger charge is 2.35. The molecule has 0 aliphatic rings. The maximum Gasteiger partial charge on any atom is 0.113 e. The van der Waals surface area contributed by atoms with Crippen LogP contribution in [0.5, 0.6) is 0 Å². The van der Waals surface area contributed by atoms with Gasteiger partial charge in [-0.05, 0) is 35.4 Å². The van der Waals surface area contributed by atoms with E-state index in [4.69, 9.17) is 23.2 Å². The van der Waals surface area contributed by atoms with E-state index >= 15 is 0 Å². The highest BCUT2D eigenvalue weighted by Crippen LogP contribution is 2.36. The van der Waals surface area contributed by atoms with Gasteiger partial charge in [-0.2, -0.15) is 5.26 Å². The van der Waals surface area contributed by atoms with Crippen molar-refractivity contribution in [3.8, 4) is 6.07 Å². The maximum absolute atomic E-state index is 10.1. The van der Waals surface area contributed by atoms with Gasteiger partial charge in [-0.15, -0.1) is 0 Å². The topological polar surface area (TPSA) is 52.5 Å². The molecule has 3 rings (SSSR count). The summed E-state index contributed by atoms with van der Waals surface area (Å²) >= 11 is 12.0. The Hall–Kier alpha value is -2.28. The van der Waals surface area contributed by atoms with Crippen molar-refractivity contribution in [2.75, 3.05) is 0 Å². The van der Waals surface area contributed by atoms with Gasteiger partial charge in [0.2, 0.25) is 0 Å². The molecular weight excluding hydrogens is 329 g/mol. The first kappa shape index (κ1) is 15.6. The first-order chi connectivity index (χ1) is 11.1. The lowest BCUT2D eigenvalue weighted by atomic mass is 9.72. The minimum Gasteiger partial charge on any atom is -0.348 e. The zero-order chi connectivity index (χ0) is 16.3. The molecule has 0 saturated carbocycles. The molecule has 0 atom stereocenters. The smallest absolute Gasteiger partial charge is 0.113 e. The second-order valence-electron chi connectivity index (χ2n) is 5.28. The highest BCUT2D eigenvalue weighted by molar-refractivity contribution is 6.30. The number of hydrogen-bond acceptors (Lipinski definition) is 2. The zero-order valence-electron chi connectivity index (χ0n) is 12.1. The summed E-state index contributed by atoms with van der Waals surface area (Å²) in [5, 5.41) is 11.3. The molecule has 0 spiro atoms. The SMILES string of the molecule is N#CC(Cc1cnc[nH]1)(c1ccc(Cl)cc1)c1ccc(Cl)cc1. The van der Waals surface area contributed by atoms with Gasteiger partial charge in [-0.3, -0.25) is 0 Å². The van der Waals surface area contributed by atoms with Crippen molar-refractivity contribution in [3.63, 3.8) is 0 Å². The summed E-state index contributed by atoms with van der Waals surface area (Å²) in [6.45, 7) is 0. The van der Waals surface area contributed by atoms with Crippen LogP contribution in [0.3, 0.4) is 0 Å². The van der Waals surface area contributed by atoms with Gasteiger partial charge in [-0.1, -0.05) is 47.5 Å². The number of imidazole rings is 1. The lowest BCUT2D eigenvalue weighted by molar-refractivity contribution is 0.643. The summed E-state index contributed by atoms with van der Waals surface area (Å²) in [5.74, 6) is 0. The lowest BCUT2D eigenvalue weighted by Gasteiger charge is -2.27. The molecule has 0 aliphatic carbocycles. The Morgan fingerprint density at radius 2 is 1.48 bits per heavy atom. The summed E-state index contributed by atoms with van der Waals surface area (Å²) in [4.78, 5) is 7.12. The lowest BCUT2D eigenvalue weighted by Crippen LogP contribution is -2.29. The number of H-pyrrole nitrogens is 1. The molecule has 2 aromatic carbocycles. The molecule has 0 bridgehead atoms. The summed E-state index contributed by atoms with van der Waals surface area (Å²) in [5.41, 5.74) is 1.79. The summed E-state index contributed by atoms with van der Waals surface area (Å²) in [6.07, 6.45) is 3.83.